The molecule has 0 unspecified atom stereocenters. The Kier molecular flexibility index (Phi) is 6.30. The molecule has 0 saturated heterocycles. The molecule has 0 saturated carbocycles. The van der Waals surface area contributed by atoms with Gasteiger partial charge in [-0.1, -0.05) is 13.8 Å². The van der Waals surface area contributed by atoms with Crippen molar-refractivity contribution in [1.29, 1.82) is 0 Å². The highest BCUT2D eigenvalue weighted by Gasteiger charge is 2.23. The predicted octanol–water partition coefficient (Wildman–Crippen LogP) is 1.98. The van der Waals surface area contributed by atoms with Crippen LogP contribution in [-0.2, 0) is 14.8 Å². The van der Waals surface area contributed by atoms with E-state index in [4.69, 9.17) is 0 Å². The first kappa shape index (κ1) is 18.1. The van der Waals surface area contributed by atoms with E-state index < -0.39 is 21.7 Å². The fraction of sp³-hybridized carbons (Fsp3) is 0.462. The van der Waals surface area contributed by atoms with Gasteiger partial charge in [-0.2, -0.15) is 4.31 Å². The van der Waals surface area contributed by atoms with Crippen molar-refractivity contribution >= 4 is 31.9 Å². The number of hydrogen-bond acceptors (Lipinski definition) is 3. The van der Waals surface area contributed by atoms with E-state index in [1.165, 1.54) is 19.2 Å². The summed E-state index contributed by atoms with van der Waals surface area (Å²) < 4.78 is 39.0. The molecule has 8 heteroatoms. The van der Waals surface area contributed by atoms with Crippen molar-refractivity contribution in [3.8, 4) is 0 Å². The van der Waals surface area contributed by atoms with E-state index in [0.717, 1.165) is 10.4 Å². The molecular formula is C13H18BrFN2O3S. The van der Waals surface area contributed by atoms with Gasteiger partial charge in [0.1, 0.15) is 5.82 Å². The van der Waals surface area contributed by atoms with E-state index >= 15 is 0 Å². The summed E-state index contributed by atoms with van der Waals surface area (Å²) in [5.41, 5.74) is 0. The van der Waals surface area contributed by atoms with Gasteiger partial charge in [-0.05, 0) is 40.0 Å². The van der Waals surface area contributed by atoms with Crippen LogP contribution in [0.5, 0.6) is 0 Å². The number of hydrogen-bond donors (Lipinski definition) is 1. The van der Waals surface area contributed by atoms with Gasteiger partial charge in [0, 0.05) is 13.6 Å². The number of amides is 1. The Morgan fingerprint density at radius 1 is 1.43 bits per heavy atom. The van der Waals surface area contributed by atoms with Crippen molar-refractivity contribution in [3.05, 3.63) is 28.5 Å². The molecule has 0 bridgehead atoms. The molecule has 0 aromatic heterocycles. The van der Waals surface area contributed by atoms with Crippen LogP contribution in [0.2, 0.25) is 0 Å². The van der Waals surface area contributed by atoms with E-state index in [1.807, 2.05) is 13.8 Å². The van der Waals surface area contributed by atoms with Gasteiger partial charge in [-0.3, -0.25) is 4.79 Å². The number of rotatable bonds is 6. The summed E-state index contributed by atoms with van der Waals surface area (Å²) in [6.45, 7) is 4.03. The number of carbonyl (C=O) groups is 1. The summed E-state index contributed by atoms with van der Waals surface area (Å²) in [5, 5.41) is 2.63. The third-order valence-electron chi connectivity index (χ3n) is 2.67. The highest BCUT2D eigenvalue weighted by Crippen LogP contribution is 2.21. The van der Waals surface area contributed by atoms with Crippen LogP contribution in [0.25, 0.3) is 0 Å². The zero-order valence-corrected chi connectivity index (χ0v) is 14.5. The molecule has 1 aromatic carbocycles. The number of likely N-dealkylation sites (N-methyl/N-ethyl adjacent to an activating group) is 1. The maximum Gasteiger partial charge on any atom is 0.243 e. The van der Waals surface area contributed by atoms with Crippen LogP contribution >= 0.6 is 15.9 Å². The van der Waals surface area contributed by atoms with Crippen LogP contribution < -0.4 is 5.32 Å². The average Bonchev–Trinajstić information content (AvgIpc) is 2.39. The Hall–Kier alpha value is -0.990. The van der Waals surface area contributed by atoms with Crippen molar-refractivity contribution in [2.24, 2.45) is 5.92 Å². The topological polar surface area (TPSA) is 66.5 Å². The smallest absolute Gasteiger partial charge is 0.243 e. The lowest BCUT2D eigenvalue weighted by molar-refractivity contribution is -0.121. The monoisotopic (exact) mass is 380 g/mol. The summed E-state index contributed by atoms with van der Waals surface area (Å²) in [6.07, 6.45) is 0. The highest BCUT2D eigenvalue weighted by molar-refractivity contribution is 9.10. The van der Waals surface area contributed by atoms with Crippen molar-refractivity contribution < 1.29 is 17.6 Å². The lowest BCUT2D eigenvalue weighted by Crippen LogP contribution is -2.39. The molecule has 1 amide bonds. The molecule has 1 aromatic rings. The molecule has 0 atom stereocenters. The van der Waals surface area contributed by atoms with Gasteiger partial charge in [0.05, 0.1) is 15.9 Å². The number of carbonyl (C=O) groups excluding carboxylic acids is 1. The molecule has 0 spiro atoms. The minimum atomic E-state index is -3.90. The van der Waals surface area contributed by atoms with E-state index in [-0.39, 0.29) is 21.8 Å². The van der Waals surface area contributed by atoms with Crippen LogP contribution in [0, 0.1) is 11.7 Å². The number of nitrogens with one attached hydrogen (secondary N) is 1. The SMILES string of the molecule is CC(C)CNC(=O)CN(C)S(=O)(=O)c1ccc(Br)c(F)c1. The van der Waals surface area contributed by atoms with Crippen LogP contribution in [-0.4, -0.2) is 38.8 Å². The zero-order valence-electron chi connectivity index (χ0n) is 12.1. The first-order chi connectivity index (χ1) is 9.64. The minimum absolute atomic E-state index is 0.179. The van der Waals surface area contributed by atoms with Gasteiger partial charge in [0.25, 0.3) is 0 Å². The lowest BCUT2D eigenvalue weighted by atomic mass is 10.2. The Morgan fingerprint density at radius 3 is 2.57 bits per heavy atom. The summed E-state index contributed by atoms with van der Waals surface area (Å²) in [5.74, 6) is -0.794. The van der Waals surface area contributed by atoms with Gasteiger partial charge in [0.2, 0.25) is 15.9 Å². The Bertz CT molecular complexity index is 620. The molecule has 0 aliphatic carbocycles. The van der Waals surface area contributed by atoms with Gasteiger partial charge < -0.3 is 5.32 Å². The molecule has 0 fully saturated rings. The molecular weight excluding hydrogens is 363 g/mol. The Labute approximate surface area is 132 Å². The maximum absolute atomic E-state index is 13.4. The molecule has 1 rings (SSSR count). The number of benzene rings is 1. The van der Waals surface area contributed by atoms with E-state index in [0.29, 0.717) is 6.54 Å². The third kappa shape index (κ3) is 5.05. The van der Waals surface area contributed by atoms with Crippen LogP contribution in [0.15, 0.2) is 27.6 Å². The normalized spacial score (nSPS) is 12.0. The minimum Gasteiger partial charge on any atom is -0.355 e. The van der Waals surface area contributed by atoms with Crippen molar-refractivity contribution in [3.63, 3.8) is 0 Å². The maximum atomic E-state index is 13.4. The van der Waals surface area contributed by atoms with E-state index in [1.54, 1.807) is 0 Å². The van der Waals surface area contributed by atoms with Gasteiger partial charge in [-0.15, -0.1) is 0 Å². The third-order valence-corrected chi connectivity index (χ3v) is 5.12. The number of nitrogens with zero attached hydrogens (tertiary/aromatic N) is 1. The second kappa shape index (κ2) is 7.33. The molecule has 118 valence electrons. The number of sulfonamides is 1. The summed E-state index contributed by atoms with van der Waals surface area (Å²) in [6, 6.07) is 3.52. The summed E-state index contributed by atoms with van der Waals surface area (Å²) >= 11 is 2.96. The lowest BCUT2D eigenvalue weighted by Gasteiger charge is -2.17. The fourth-order valence-electron chi connectivity index (χ4n) is 1.48. The van der Waals surface area contributed by atoms with Crippen molar-refractivity contribution in [1.82, 2.24) is 9.62 Å². The predicted molar refractivity (Wildman–Crippen MR) is 81.8 cm³/mol. The molecule has 5 nitrogen and oxygen atoms in total. The van der Waals surface area contributed by atoms with Gasteiger partial charge >= 0.3 is 0 Å². The molecule has 0 aliphatic heterocycles. The second-order valence-corrected chi connectivity index (χ2v) is 7.93. The van der Waals surface area contributed by atoms with Gasteiger partial charge in [0.15, 0.2) is 0 Å². The Balaban J connectivity index is 2.82. The summed E-state index contributed by atoms with van der Waals surface area (Å²) in [4.78, 5) is 11.5. The van der Waals surface area contributed by atoms with Gasteiger partial charge in [-0.25, -0.2) is 12.8 Å². The fourth-order valence-corrected chi connectivity index (χ4v) is 2.86. The first-order valence-electron chi connectivity index (χ1n) is 6.32. The molecule has 1 N–H and O–H groups in total. The van der Waals surface area contributed by atoms with Crippen molar-refractivity contribution in [2.45, 2.75) is 18.7 Å². The largest absolute Gasteiger partial charge is 0.355 e. The average molecular weight is 381 g/mol. The molecule has 0 aliphatic rings. The zero-order chi connectivity index (χ0) is 16.2. The van der Waals surface area contributed by atoms with Crippen LogP contribution in [0.3, 0.4) is 0 Å². The van der Waals surface area contributed by atoms with Crippen LogP contribution in [0.4, 0.5) is 4.39 Å². The molecule has 21 heavy (non-hydrogen) atoms. The molecule has 0 radical (unpaired) electrons. The summed E-state index contributed by atoms with van der Waals surface area (Å²) in [7, 11) is -2.62. The standard InChI is InChI=1S/C13H18BrFN2O3S/c1-9(2)7-16-13(18)8-17(3)21(19,20)10-4-5-11(14)12(15)6-10/h4-6,9H,7-8H2,1-3H3,(H,16,18). The van der Waals surface area contributed by atoms with Crippen LogP contribution in [0.1, 0.15) is 13.8 Å². The molecule has 0 heterocycles. The Morgan fingerprint density at radius 2 is 2.05 bits per heavy atom. The quantitative estimate of drug-likeness (QED) is 0.820. The highest BCUT2D eigenvalue weighted by atomic mass is 79.9. The van der Waals surface area contributed by atoms with Crippen molar-refractivity contribution in [2.75, 3.05) is 20.1 Å². The number of halogens is 2. The first-order valence-corrected chi connectivity index (χ1v) is 8.56. The van der Waals surface area contributed by atoms with E-state index in [2.05, 4.69) is 21.2 Å². The van der Waals surface area contributed by atoms with E-state index in [9.17, 15) is 17.6 Å². The second-order valence-electron chi connectivity index (χ2n) is 5.03.